The zero-order valence-electron chi connectivity index (χ0n) is 11.5. The molecule has 1 amide bonds. The third kappa shape index (κ3) is 3.45. The van der Waals surface area contributed by atoms with E-state index in [1.807, 2.05) is 31.2 Å². The number of hydrogen-bond donors (Lipinski definition) is 1. The van der Waals surface area contributed by atoms with Gasteiger partial charge in [-0.05, 0) is 42.3 Å². The molecule has 0 heterocycles. The van der Waals surface area contributed by atoms with Crippen molar-refractivity contribution in [3.63, 3.8) is 0 Å². The lowest BCUT2D eigenvalue weighted by Crippen LogP contribution is -2.17. The van der Waals surface area contributed by atoms with E-state index in [9.17, 15) is 4.79 Å². The van der Waals surface area contributed by atoms with Crippen LogP contribution in [0, 0.1) is 6.92 Å². The fraction of sp³-hybridized carbons (Fsp3) is 0.125. The van der Waals surface area contributed by atoms with Crippen LogP contribution in [-0.4, -0.2) is 19.2 Å². The lowest BCUT2D eigenvalue weighted by atomic mass is 10.1. The monoisotopic (exact) mass is 268 g/mol. The van der Waals surface area contributed by atoms with Crippen molar-refractivity contribution in [2.75, 3.05) is 7.11 Å². The number of aryl methyl sites for hydroxylation is 1. The van der Waals surface area contributed by atoms with Crippen LogP contribution in [0.4, 0.5) is 0 Å². The number of nitrogens with zero attached hydrogens (tertiary/aromatic N) is 1. The quantitative estimate of drug-likeness (QED) is 0.684. The fourth-order valence-corrected chi connectivity index (χ4v) is 1.70. The van der Waals surface area contributed by atoms with Crippen LogP contribution in [0.1, 0.15) is 21.5 Å². The molecule has 0 saturated carbocycles. The summed E-state index contributed by atoms with van der Waals surface area (Å²) in [7, 11) is 1.58. The molecule has 0 saturated heterocycles. The van der Waals surface area contributed by atoms with Crippen molar-refractivity contribution in [2.24, 2.45) is 5.10 Å². The molecule has 0 atom stereocenters. The maximum Gasteiger partial charge on any atom is 0.271 e. The average molecular weight is 268 g/mol. The molecule has 20 heavy (non-hydrogen) atoms. The number of methoxy groups -OCH3 is 1. The van der Waals surface area contributed by atoms with Crippen LogP contribution in [0.2, 0.25) is 0 Å². The van der Waals surface area contributed by atoms with Gasteiger partial charge in [0.25, 0.3) is 5.91 Å². The summed E-state index contributed by atoms with van der Waals surface area (Å²) in [5, 5.41) is 3.97. The third-order valence-electron chi connectivity index (χ3n) is 2.91. The summed E-state index contributed by atoms with van der Waals surface area (Å²) in [5.74, 6) is 0.461. The normalized spacial score (nSPS) is 10.5. The molecule has 0 aromatic heterocycles. The molecule has 0 spiro atoms. The molecule has 0 fully saturated rings. The Labute approximate surface area is 118 Å². The standard InChI is InChI=1S/C16H16N2O2/c1-12-5-3-4-6-14(12)11-17-18-16(19)13-7-9-15(20-2)10-8-13/h3-11H,1-2H3,(H,18,19)/b17-11-. The van der Waals surface area contributed by atoms with E-state index in [1.165, 1.54) is 0 Å². The Kier molecular flexibility index (Phi) is 4.50. The first-order chi connectivity index (χ1) is 9.70. The van der Waals surface area contributed by atoms with Crippen LogP contribution >= 0.6 is 0 Å². The van der Waals surface area contributed by atoms with Crippen molar-refractivity contribution >= 4 is 12.1 Å². The molecular formula is C16H16N2O2. The summed E-state index contributed by atoms with van der Waals surface area (Å²) in [5.41, 5.74) is 5.12. The van der Waals surface area contributed by atoms with Gasteiger partial charge in [-0.25, -0.2) is 5.43 Å². The topological polar surface area (TPSA) is 50.7 Å². The van der Waals surface area contributed by atoms with E-state index in [-0.39, 0.29) is 5.91 Å². The van der Waals surface area contributed by atoms with Gasteiger partial charge in [0.05, 0.1) is 13.3 Å². The molecule has 0 aliphatic heterocycles. The highest BCUT2D eigenvalue weighted by Gasteiger charge is 2.03. The lowest BCUT2D eigenvalue weighted by Gasteiger charge is -2.02. The highest BCUT2D eigenvalue weighted by Crippen LogP contribution is 2.11. The Hall–Kier alpha value is -2.62. The Morgan fingerprint density at radius 1 is 1.15 bits per heavy atom. The summed E-state index contributed by atoms with van der Waals surface area (Å²) in [6.45, 7) is 1.99. The molecule has 0 radical (unpaired) electrons. The molecule has 1 N–H and O–H groups in total. The van der Waals surface area contributed by atoms with Gasteiger partial charge in [0.1, 0.15) is 5.75 Å². The average Bonchev–Trinajstić information content (AvgIpc) is 2.49. The van der Waals surface area contributed by atoms with Crippen molar-refractivity contribution in [3.05, 3.63) is 65.2 Å². The van der Waals surface area contributed by atoms with Crippen molar-refractivity contribution < 1.29 is 9.53 Å². The number of nitrogens with one attached hydrogen (secondary N) is 1. The predicted molar refractivity (Wildman–Crippen MR) is 79.2 cm³/mol. The Morgan fingerprint density at radius 2 is 1.85 bits per heavy atom. The predicted octanol–water partition coefficient (Wildman–Crippen LogP) is 2.77. The minimum atomic E-state index is -0.252. The highest BCUT2D eigenvalue weighted by atomic mass is 16.5. The maximum absolute atomic E-state index is 11.9. The minimum Gasteiger partial charge on any atom is -0.497 e. The zero-order valence-corrected chi connectivity index (χ0v) is 11.5. The largest absolute Gasteiger partial charge is 0.497 e. The Bertz CT molecular complexity index is 619. The van der Waals surface area contributed by atoms with Crippen molar-refractivity contribution in [2.45, 2.75) is 6.92 Å². The molecule has 0 bridgehead atoms. The van der Waals surface area contributed by atoms with Crippen LogP contribution in [0.25, 0.3) is 0 Å². The summed E-state index contributed by atoms with van der Waals surface area (Å²) >= 11 is 0. The number of rotatable bonds is 4. The van der Waals surface area contributed by atoms with E-state index in [2.05, 4.69) is 10.5 Å². The second-order valence-corrected chi connectivity index (χ2v) is 4.28. The number of carbonyl (C=O) groups excluding carboxylic acids is 1. The SMILES string of the molecule is COc1ccc(C(=O)N/N=C\c2ccccc2C)cc1. The minimum absolute atomic E-state index is 0.252. The summed E-state index contributed by atoms with van der Waals surface area (Å²) in [6.07, 6.45) is 1.64. The first-order valence-corrected chi connectivity index (χ1v) is 6.24. The van der Waals surface area contributed by atoms with E-state index < -0.39 is 0 Å². The second kappa shape index (κ2) is 6.52. The molecule has 0 aliphatic carbocycles. The Balaban J connectivity index is 1.99. The molecule has 4 nitrogen and oxygen atoms in total. The lowest BCUT2D eigenvalue weighted by molar-refractivity contribution is 0.0955. The van der Waals surface area contributed by atoms with E-state index in [0.717, 1.165) is 11.1 Å². The van der Waals surface area contributed by atoms with Gasteiger partial charge in [-0.2, -0.15) is 5.10 Å². The second-order valence-electron chi connectivity index (χ2n) is 4.28. The molecule has 2 aromatic rings. The van der Waals surface area contributed by atoms with E-state index in [4.69, 9.17) is 4.74 Å². The van der Waals surface area contributed by atoms with E-state index in [0.29, 0.717) is 11.3 Å². The molecule has 0 unspecified atom stereocenters. The number of amides is 1. The van der Waals surface area contributed by atoms with Crippen LogP contribution in [-0.2, 0) is 0 Å². The van der Waals surface area contributed by atoms with Gasteiger partial charge in [-0.15, -0.1) is 0 Å². The fourth-order valence-electron chi connectivity index (χ4n) is 1.70. The molecular weight excluding hydrogens is 252 g/mol. The van der Waals surface area contributed by atoms with Gasteiger partial charge in [0, 0.05) is 5.56 Å². The molecule has 2 rings (SSSR count). The molecule has 0 aliphatic rings. The first kappa shape index (κ1) is 13.8. The third-order valence-corrected chi connectivity index (χ3v) is 2.91. The van der Waals surface area contributed by atoms with E-state index in [1.54, 1.807) is 37.6 Å². The van der Waals surface area contributed by atoms with Crippen molar-refractivity contribution in [1.82, 2.24) is 5.43 Å². The zero-order chi connectivity index (χ0) is 14.4. The summed E-state index contributed by atoms with van der Waals surface area (Å²) < 4.78 is 5.04. The van der Waals surface area contributed by atoms with Gasteiger partial charge in [-0.3, -0.25) is 4.79 Å². The van der Waals surface area contributed by atoms with Gasteiger partial charge in [-0.1, -0.05) is 24.3 Å². The highest BCUT2D eigenvalue weighted by molar-refractivity contribution is 5.95. The van der Waals surface area contributed by atoms with Crippen LogP contribution in [0.15, 0.2) is 53.6 Å². The molecule has 102 valence electrons. The summed E-state index contributed by atoms with van der Waals surface area (Å²) in [6, 6.07) is 14.7. The number of ether oxygens (including phenoxy) is 1. The first-order valence-electron chi connectivity index (χ1n) is 6.24. The number of hydrazone groups is 1. The van der Waals surface area contributed by atoms with Gasteiger partial charge >= 0.3 is 0 Å². The summed E-state index contributed by atoms with van der Waals surface area (Å²) in [4.78, 5) is 11.9. The van der Waals surface area contributed by atoms with Crippen LogP contribution < -0.4 is 10.2 Å². The number of benzene rings is 2. The van der Waals surface area contributed by atoms with Crippen molar-refractivity contribution in [1.29, 1.82) is 0 Å². The molecule has 4 heteroatoms. The maximum atomic E-state index is 11.9. The van der Waals surface area contributed by atoms with Crippen LogP contribution in [0.5, 0.6) is 5.75 Å². The number of hydrogen-bond acceptors (Lipinski definition) is 3. The van der Waals surface area contributed by atoms with Gasteiger partial charge in [0.15, 0.2) is 0 Å². The number of carbonyl (C=O) groups is 1. The molecule has 2 aromatic carbocycles. The Morgan fingerprint density at radius 3 is 2.50 bits per heavy atom. The van der Waals surface area contributed by atoms with Gasteiger partial charge in [0.2, 0.25) is 0 Å². The van der Waals surface area contributed by atoms with Crippen molar-refractivity contribution in [3.8, 4) is 5.75 Å². The van der Waals surface area contributed by atoms with Crippen LogP contribution in [0.3, 0.4) is 0 Å². The smallest absolute Gasteiger partial charge is 0.271 e. The van der Waals surface area contributed by atoms with E-state index >= 15 is 0 Å². The van der Waals surface area contributed by atoms with Gasteiger partial charge < -0.3 is 4.74 Å².